The lowest BCUT2D eigenvalue weighted by Crippen LogP contribution is -2.46. The van der Waals surface area contributed by atoms with E-state index >= 15 is 0 Å². The maximum Gasteiger partial charge on any atom is 0.240 e. The van der Waals surface area contributed by atoms with Crippen LogP contribution in [0.3, 0.4) is 0 Å². The monoisotopic (exact) mass is 299 g/mol. The molecule has 114 valence electrons. The van der Waals surface area contributed by atoms with Crippen molar-refractivity contribution in [3.63, 3.8) is 0 Å². The minimum atomic E-state index is 0.202. The average molecular weight is 299 g/mol. The van der Waals surface area contributed by atoms with Crippen molar-refractivity contribution in [2.45, 2.75) is 63.9 Å². The van der Waals surface area contributed by atoms with Gasteiger partial charge in [-0.15, -0.1) is 0 Å². The van der Waals surface area contributed by atoms with Crippen LogP contribution < -0.4 is 0 Å². The highest BCUT2D eigenvalue weighted by Gasteiger charge is 2.29. The Morgan fingerprint density at radius 2 is 2.30 bits per heavy atom. The molecule has 20 heavy (non-hydrogen) atoms. The van der Waals surface area contributed by atoms with E-state index in [1.807, 2.05) is 11.8 Å². The standard InChI is InChI=1S/C14H25N3O2S/c1-4-20-11(3)14-15-13(19-16-14)8-17-10(2)6-5-7-12(17)9-18/h10-12,18H,4-9H2,1-3H3. The predicted octanol–water partition coefficient (Wildman–Crippen LogP) is 2.62. The zero-order chi connectivity index (χ0) is 14.5. The van der Waals surface area contributed by atoms with Gasteiger partial charge in [-0.25, -0.2) is 0 Å². The summed E-state index contributed by atoms with van der Waals surface area (Å²) >= 11 is 1.81. The first kappa shape index (κ1) is 15.8. The first-order valence-corrected chi connectivity index (χ1v) is 8.51. The Morgan fingerprint density at radius 1 is 1.50 bits per heavy atom. The molecule has 1 aliphatic heterocycles. The van der Waals surface area contributed by atoms with Crippen molar-refractivity contribution in [2.75, 3.05) is 12.4 Å². The number of aromatic nitrogens is 2. The normalized spacial score (nSPS) is 25.8. The average Bonchev–Trinajstić information content (AvgIpc) is 2.90. The van der Waals surface area contributed by atoms with Gasteiger partial charge in [0.25, 0.3) is 0 Å². The molecule has 0 aliphatic carbocycles. The number of likely N-dealkylation sites (tertiary alicyclic amines) is 1. The van der Waals surface area contributed by atoms with Crippen LogP contribution in [0.25, 0.3) is 0 Å². The first-order valence-electron chi connectivity index (χ1n) is 7.46. The quantitative estimate of drug-likeness (QED) is 0.871. The highest BCUT2D eigenvalue weighted by atomic mass is 32.2. The highest BCUT2D eigenvalue weighted by molar-refractivity contribution is 7.99. The zero-order valence-corrected chi connectivity index (χ0v) is 13.4. The van der Waals surface area contributed by atoms with Gasteiger partial charge in [-0.3, -0.25) is 4.90 Å². The molecule has 0 aromatic carbocycles. The molecule has 1 saturated heterocycles. The third-order valence-corrected chi connectivity index (χ3v) is 5.03. The zero-order valence-electron chi connectivity index (χ0n) is 12.6. The minimum Gasteiger partial charge on any atom is -0.395 e. The molecule has 5 nitrogen and oxygen atoms in total. The maximum atomic E-state index is 9.51. The second-order valence-corrected chi connectivity index (χ2v) is 7.05. The molecule has 0 spiro atoms. The summed E-state index contributed by atoms with van der Waals surface area (Å²) in [6.45, 7) is 7.28. The molecule has 1 aliphatic rings. The summed E-state index contributed by atoms with van der Waals surface area (Å²) in [5.74, 6) is 2.48. The number of hydrogen-bond acceptors (Lipinski definition) is 6. The summed E-state index contributed by atoms with van der Waals surface area (Å²) in [4.78, 5) is 6.79. The Kier molecular flexibility index (Phi) is 5.86. The lowest BCUT2D eigenvalue weighted by Gasteiger charge is -2.38. The Bertz CT molecular complexity index is 413. The number of aliphatic hydroxyl groups excluding tert-OH is 1. The van der Waals surface area contributed by atoms with Crippen molar-refractivity contribution in [3.05, 3.63) is 11.7 Å². The molecular formula is C14H25N3O2S. The Labute approximate surface area is 125 Å². The van der Waals surface area contributed by atoms with Gasteiger partial charge in [0.1, 0.15) is 0 Å². The number of hydrogen-bond donors (Lipinski definition) is 1. The van der Waals surface area contributed by atoms with E-state index in [1.165, 1.54) is 12.8 Å². The highest BCUT2D eigenvalue weighted by Crippen LogP contribution is 2.27. The first-order chi connectivity index (χ1) is 9.65. The maximum absolute atomic E-state index is 9.51. The van der Waals surface area contributed by atoms with E-state index in [-0.39, 0.29) is 17.9 Å². The van der Waals surface area contributed by atoms with Crippen LogP contribution in [0.5, 0.6) is 0 Å². The van der Waals surface area contributed by atoms with Gasteiger partial charge in [0.15, 0.2) is 5.82 Å². The molecule has 6 heteroatoms. The fraction of sp³-hybridized carbons (Fsp3) is 0.857. The largest absolute Gasteiger partial charge is 0.395 e. The Morgan fingerprint density at radius 3 is 3.00 bits per heavy atom. The summed E-state index contributed by atoms with van der Waals surface area (Å²) < 4.78 is 5.38. The molecular weight excluding hydrogens is 274 g/mol. The molecule has 2 rings (SSSR count). The number of aliphatic hydroxyl groups is 1. The van der Waals surface area contributed by atoms with Crippen LogP contribution in [0.1, 0.15) is 57.0 Å². The minimum absolute atomic E-state index is 0.202. The van der Waals surface area contributed by atoms with E-state index in [2.05, 4.69) is 35.8 Å². The van der Waals surface area contributed by atoms with Gasteiger partial charge in [-0.05, 0) is 32.4 Å². The summed E-state index contributed by atoms with van der Waals surface area (Å²) in [6.07, 6.45) is 3.39. The van der Waals surface area contributed by atoms with Crippen molar-refractivity contribution < 1.29 is 9.63 Å². The van der Waals surface area contributed by atoms with Crippen molar-refractivity contribution in [1.82, 2.24) is 15.0 Å². The molecule has 2 heterocycles. The number of nitrogens with zero attached hydrogens (tertiary/aromatic N) is 3. The molecule has 3 unspecified atom stereocenters. The van der Waals surface area contributed by atoms with E-state index < -0.39 is 0 Å². The van der Waals surface area contributed by atoms with Gasteiger partial charge in [0.05, 0.1) is 18.4 Å². The van der Waals surface area contributed by atoms with Gasteiger partial charge in [-0.2, -0.15) is 16.7 Å². The van der Waals surface area contributed by atoms with Gasteiger partial charge in [-0.1, -0.05) is 18.5 Å². The van der Waals surface area contributed by atoms with Gasteiger partial charge < -0.3 is 9.63 Å². The van der Waals surface area contributed by atoms with Crippen LogP contribution in [0.15, 0.2) is 4.52 Å². The number of rotatable bonds is 6. The molecule has 3 atom stereocenters. The molecule has 0 saturated carbocycles. The Balaban J connectivity index is 2.01. The van der Waals surface area contributed by atoms with Crippen LogP contribution in [0.4, 0.5) is 0 Å². The van der Waals surface area contributed by atoms with Crippen molar-refractivity contribution >= 4 is 11.8 Å². The van der Waals surface area contributed by atoms with Gasteiger partial charge in [0, 0.05) is 12.1 Å². The number of piperidine rings is 1. The molecule has 1 aromatic rings. The van der Waals surface area contributed by atoms with Crippen LogP contribution in [0, 0.1) is 0 Å². The fourth-order valence-electron chi connectivity index (χ4n) is 2.80. The lowest BCUT2D eigenvalue weighted by atomic mass is 9.97. The summed E-state index contributed by atoms with van der Waals surface area (Å²) in [6, 6.07) is 0.676. The molecule has 0 amide bonds. The van der Waals surface area contributed by atoms with E-state index in [0.29, 0.717) is 18.5 Å². The molecule has 0 bridgehead atoms. The van der Waals surface area contributed by atoms with Crippen molar-refractivity contribution in [2.24, 2.45) is 0 Å². The molecule has 1 N–H and O–H groups in total. The van der Waals surface area contributed by atoms with Crippen LogP contribution >= 0.6 is 11.8 Å². The van der Waals surface area contributed by atoms with Crippen LogP contribution in [-0.2, 0) is 6.54 Å². The van der Waals surface area contributed by atoms with E-state index in [1.54, 1.807) is 0 Å². The summed E-state index contributed by atoms with van der Waals surface area (Å²) in [7, 11) is 0. The van der Waals surface area contributed by atoms with E-state index in [9.17, 15) is 5.11 Å². The predicted molar refractivity (Wildman–Crippen MR) is 80.6 cm³/mol. The van der Waals surface area contributed by atoms with Gasteiger partial charge >= 0.3 is 0 Å². The van der Waals surface area contributed by atoms with Crippen LogP contribution in [-0.4, -0.2) is 44.6 Å². The SMILES string of the molecule is CCSC(C)c1noc(CN2C(C)CCCC2CO)n1. The number of thioether (sulfide) groups is 1. The second kappa shape index (κ2) is 7.43. The third kappa shape index (κ3) is 3.74. The van der Waals surface area contributed by atoms with E-state index in [4.69, 9.17) is 4.52 Å². The van der Waals surface area contributed by atoms with E-state index in [0.717, 1.165) is 18.0 Å². The lowest BCUT2D eigenvalue weighted by molar-refractivity contribution is 0.0370. The topological polar surface area (TPSA) is 62.4 Å². The third-order valence-electron chi connectivity index (χ3n) is 3.99. The van der Waals surface area contributed by atoms with Crippen molar-refractivity contribution in [3.8, 4) is 0 Å². The summed E-state index contributed by atoms with van der Waals surface area (Å²) in [5.41, 5.74) is 0. The smallest absolute Gasteiger partial charge is 0.240 e. The molecule has 1 fully saturated rings. The van der Waals surface area contributed by atoms with Gasteiger partial charge in [0.2, 0.25) is 5.89 Å². The second-order valence-electron chi connectivity index (χ2n) is 5.43. The summed E-state index contributed by atoms with van der Waals surface area (Å²) in [5, 5.41) is 13.9. The fourth-order valence-corrected chi connectivity index (χ4v) is 3.54. The van der Waals surface area contributed by atoms with Crippen molar-refractivity contribution in [1.29, 1.82) is 0 Å². The Hall–Kier alpha value is -0.590. The molecule has 1 aromatic heterocycles. The van der Waals surface area contributed by atoms with Crippen LogP contribution in [0.2, 0.25) is 0 Å². The molecule has 0 radical (unpaired) electrons.